The Hall–Kier alpha value is -2.40. The lowest BCUT2D eigenvalue weighted by Gasteiger charge is -2.11. The maximum Gasteiger partial charge on any atom is 0.323 e. The maximum absolute atomic E-state index is 13.5. The molecule has 4 nitrogen and oxygen atoms in total. The average molecular weight is 273 g/mol. The topological polar surface area (TPSA) is 67.2 Å². The molecule has 0 heterocycles. The second-order valence-corrected chi connectivity index (χ2v) is 4.42. The van der Waals surface area contributed by atoms with Gasteiger partial charge in [0, 0.05) is 23.5 Å². The zero-order valence-electron chi connectivity index (χ0n) is 11.1. The number of hydrogen-bond donors (Lipinski definition) is 3. The van der Waals surface area contributed by atoms with Gasteiger partial charge in [0.15, 0.2) is 0 Å². The summed E-state index contributed by atoms with van der Waals surface area (Å²) in [4.78, 5) is 11.9. The number of nitrogens with one attached hydrogen (secondary N) is 2. The van der Waals surface area contributed by atoms with Gasteiger partial charge in [-0.25, -0.2) is 9.18 Å². The molecule has 2 aromatic carbocycles. The largest absolute Gasteiger partial charge is 0.326 e. The van der Waals surface area contributed by atoms with E-state index in [0.29, 0.717) is 11.4 Å². The molecule has 20 heavy (non-hydrogen) atoms. The molecule has 0 aromatic heterocycles. The fourth-order valence-electron chi connectivity index (χ4n) is 1.89. The quantitative estimate of drug-likeness (QED) is 0.803. The van der Waals surface area contributed by atoms with Gasteiger partial charge in [-0.15, -0.1) is 0 Å². The van der Waals surface area contributed by atoms with Crippen molar-refractivity contribution in [2.75, 3.05) is 10.6 Å². The van der Waals surface area contributed by atoms with E-state index in [9.17, 15) is 9.18 Å². The summed E-state index contributed by atoms with van der Waals surface area (Å²) in [5.41, 5.74) is 7.86. The van der Waals surface area contributed by atoms with Crippen LogP contribution in [-0.2, 0) is 6.54 Å². The highest BCUT2D eigenvalue weighted by Gasteiger charge is 2.09. The number of hydrogen-bond acceptors (Lipinski definition) is 2. The first-order valence-corrected chi connectivity index (χ1v) is 6.22. The van der Waals surface area contributed by atoms with Crippen molar-refractivity contribution in [3.05, 3.63) is 59.4 Å². The number of urea groups is 1. The molecule has 0 radical (unpaired) electrons. The maximum atomic E-state index is 13.5. The molecule has 0 spiro atoms. The van der Waals surface area contributed by atoms with Crippen molar-refractivity contribution < 1.29 is 9.18 Å². The van der Waals surface area contributed by atoms with Crippen LogP contribution >= 0.6 is 0 Å². The molecule has 0 aliphatic carbocycles. The smallest absolute Gasteiger partial charge is 0.323 e. The van der Waals surface area contributed by atoms with Crippen LogP contribution in [0.15, 0.2) is 42.5 Å². The number of carbonyl (C=O) groups is 1. The van der Waals surface area contributed by atoms with E-state index in [-0.39, 0.29) is 12.1 Å². The first-order valence-electron chi connectivity index (χ1n) is 6.22. The van der Waals surface area contributed by atoms with Crippen molar-refractivity contribution in [3.63, 3.8) is 0 Å². The molecule has 0 saturated heterocycles. The van der Waals surface area contributed by atoms with Crippen molar-refractivity contribution in [1.29, 1.82) is 0 Å². The Balaban J connectivity index is 2.11. The lowest BCUT2D eigenvalue weighted by atomic mass is 10.1. The molecule has 2 aromatic rings. The zero-order chi connectivity index (χ0) is 14.5. The van der Waals surface area contributed by atoms with Gasteiger partial charge in [0.1, 0.15) is 5.82 Å². The van der Waals surface area contributed by atoms with Crippen LogP contribution in [0.4, 0.5) is 20.6 Å². The van der Waals surface area contributed by atoms with E-state index in [1.807, 2.05) is 25.1 Å². The number of carbonyl (C=O) groups excluding carboxylic acids is 1. The van der Waals surface area contributed by atoms with E-state index in [0.717, 1.165) is 5.56 Å². The minimum absolute atomic E-state index is 0.0206. The summed E-state index contributed by atoms with van der Waals surface area (Å²) >= 11 is 0. The number of rotatable bonds is 3. The Morgan fingerprint density at radius 1 is 1.20 bits per heavy atom. The van der Waals surface area contributed by atoms with Crippen molar-refractivity contribution in [2.45, 2.75) is 13.5 Å². The van der Waals surface area contributed by atoms with Gasteiger partial charge >= 0.3 is 6.03 Å². The van der Waals surface area contributed by atoms with Gasteiger partial charge in [-0.3, -0.25) is 0 Å². The molecule has 5 heteroatoms. The normalized spacial score (nSPS) is 10.2. The Morgan fingerprint density at radius 3 is 2.65 bits per heavy atom. The van der Waals surface area contributed by atoms with Crippen molar-refractivity contribution in [2.24, 2.45) is 5.73 Å². The van der Waals surface area contributed by atoms with Crippen LogP contribution in [0.1, 0.15) is 11.1 Å². The number of nitrogens with two attached hydrogens (primary N) is 1. The minimum Gasteiger partial charge on any atom is -0.326 e. The highest BCUT2D eigenvalue weighted by Crippen LogP contribution is 2.19. The van der Waals surface area contributed by atoms with Crippen molar-refractivity contribution >= 4 is 17.4 Å². The molecule has 0 saturated carbocycles. The van der Waals surface area contributed by atoms with E-state index in [2.05, 4.69) is 10.6 Å². The first-order chi connectivity index (χ1) is 9.60. The predicted molar refractivity (Wildman–Crippen MR) is 78.1 cm³/mol. The van der Waals surface area contributed by atoms with Gasteiger partial charge in [-0.2, -0.15) is 0 Å². The second kappa shape index (κ2) is 6.16. The molecule has 0 fully saturated rings. The van der Waals surface area contributed by atoms with Gasteiger partial charge in [-0.1, -0.05) is 18.2 Å². The molecular formula is C15H16FN3O. The lowest BCUT2D eigenvalue weighted by Crippen LogP contribution is -2.21. The first kappa shape index (κ1) is 14.0. The number of benzene rings is 2. The van der Waals surface area contributed by atoms with Crippen LogP contribution in [-0.4, -0.2) is 6.03 Å². The molecule has 0 aliphatic heterocycles. The number of aryl methyl sites for hydroxylation is 1. The molecule has 0 atom stereocenters. The number of anilines is 2. The lowest BCUT2D eigenvalue weighted by molar-refractivity contribution is 0.262. The fourth-order valence-corrected chi connectivity index (χ4v) is 1.89. The van der Waals surface area contributed by atoms with E-state index in [4.69, 9.17) is 5.73 Å². The summed E-state index contributed by atoms with van der Waals surface area (Å²) in [5.74, 6) is -0.430. The number of halogens is 1. The fraction of sp³-hybridized carbons (Fsp3) is 0.133. The molecule has 0 unspecified atom stereocenters. The average Bonchev–Trinajstić information content (AvgIpc) is 2.38. The molecule has 2 rings (SSSR count). The Morgan fingerprint density at radius 2 is 1.95 bits per heavy atom. The van der Waals surface area contributed by atoms with E-state index in [1.165, 1.54) is 12.1 Å². The van der Waals surface area contributed by atoms with Gasteiger partial charge in [-0.05, 0) is 36.8 Å². The second-order valence-electron chi connectivity index (χ2n) is 4.42. The zero-order valence-corrected chi connectivity index (χ0v) is 11.1. The summed E-state index contributed by atoms with van der Waals surface area (Å²) in [7, 11) is 0. The Bertz CT molecular complexity index is 628. The predicted octanol–water partition coefficient (Wildman–Crippen LogP) is 3.24. The van der Waals surface area contributed by atoms with Crippen LogP contribution < -0.4 is 16.4 Å². The summed E-state index contributed by atoms with van der Waals surface area (Å²) in [6, 6.07) is 11.4. The number of amides is 2. The van der Waals surface area contributed by atoms with Crippen molar-refractivity contribution in [3.8, 4) is 0 Å². The van der Waals surface area contributed by atoms with E-state index >= 15 is 0 Å². The summed E-state index contributed by atoms with van der Waals surface area (Å²) < 4.78 is 13.5. The van der Waals surface area contributed by atoms with Gasteiger partial charge in [0.2, 0.25) is 0 Å². The third kappa shape index (κ3) is 3.33. The third-order valence-corrected chi connectivity index (χ3v) is 2.85. The minimum atomic E-state index is -0.434. The summed E-state index contributed by atoms with van der Waals surface area (Å²) in [6.07, 6.45) is 0. The van der Waals surface area contributed by atoms with Crippen LogP contribution in [0.2, 0.25) is 0 Å². The van der Waals surface area contributed by atoms with Crippen LogP contribution in [0.25, 0.3) is 0 Å². The summed E-state index contributed by atoms with van der Waals surface area (Å²) in [5, 5.41) is 5.29. The molecular weight excluding hydrogens is 257 g/mol. The Labute approximate surface area is 116 Å². The standard InChI is InChI=1S/C15H16FN3O/c1-10-4-2-5-11(8-10)18-15(20)19-14-7-3-6-13(16)12(14)9-17/h2-8H,9,17H2,1H3,(H2,18,19,20). The SMILES string of the molecule is Cc1cccc(NC(=O)Nc2cccc(F)c2CN)c1. The van der Waals surface area contributed by atoms with Gasteiger partial charge in [0.25, 0.3) is 0 Å². The van der Waals surface area contributed by atoms with Crippen molar-refractivity contribution in [1.82, 2.24) is 0 Å². The van der Waals surface area contributed by atoms with E-state index in [1.54, 1.807) is 12.1 Å². The van der Waals surface area contributed by atoms with E-state index < -0.39 is 11.8 Å². The van der Waals surface area contributed by atoms with Crippen LogP contribution in [0.5, 0.6) is 0 Å². The molecule has 104 valence electrons. The highest BCUT2D eigenvalue weighted by atomic mass is 19.1. The monoisotopic (exact) mass is 273 g/mol. The molecule has 0 bridgehead atoms. The molecule has 0 aliphatic rings. The van der Waals surface area contributed by atoms with Crippen LogP contribution in [0.3, 0.4) is 0 Å². The third-order valence-electron chi connectivity index (χ3n) is 2.85. The van der Waals surface area contributed by atoms with Gasteiger partial charge in [0.05, 0.1) is 0 Å². The molecule has 2 amide bonds. The summed E-state index contributed by atoms with van der Waals surface area (Å²) in [6.45, 7) is 1.95. The highest BCUT2D eigenvalue weighted by molar-refractivity contribution is 6.00. The van der Waals surface area contributed by atoms with Crippen LogP contribution in [0, 0.1) is 12.7 Å². The molecule has 4 N–H and O–H groups in total. The Kier molecular flexibility index (Phi) is 4.32. The van der Waals surface area contributed by atoms with Gasteiger partial charge < -0.3 is 16.4 Å².